The molecule has 0 amide bonds. The number of thiocarbonyl (C=S) groups is 1. The van der Waals surface area contributed by atoms with Crippen LogP contribution in [0.5, 0.6) is 5.75 Å². The van der Waals surface area contributed by atoms with Gasteiger partial charge >= 0.3 is 11.9 Å². The van der Waals surface area contributed by atoms with Crippen molar-refractivity contribution >= 4 is 29.3 Å². The largest absolute Gasteiger partial charge is 0.488 e. The Kier molecular flexibility index (Phi) is 7.62. The van der Waals surface area contributed by atoms with Crippen LogP contribution >= 0.6 is 12.2 Å². The maximum absolute atomic E-state index is 13.7. The van der Waals surface area contributed by atoms with Gasteiger partial charge in [-0.3, -0.25) is 0 Å². The summed E-state index contributed by atoms with van der Waals surface area (Å²) in [4.78, 5) is 21.0. The van der Waals surface area contributed by atoms with Crippen LogP contribution in [0.25, 0.3) is 0 Å². The number of carboxylic acid groups (broad SMARTS) is 2. The molecule has 1 radical (unpaired) electrons. The quantitative estimate of drug-likeness (QED) is 0.476. The van der Waals surface area contributed by atoms with Crippen LogP contribution in [0.4, 0.5) is 8.78 Å². The Morgan fingerprint density at radius 3 is 2.55 bits per heavy atom. The zero-order valence-electron chi connectivity index (χ0n) is 15.0. The SMILES string of the molecule is NCCC1=C[N]C(=S)N1[C@H]1COc2c(F)cc(F)cc2C1.O=C(O)/C=C/C(=O)O. The van der Waals surface area contributed by atoms with Gasteiger partial charge in [0.25, 0.3) is 0 Å². The molecule has 155 valence electrons. The van der Waals surface area contributed by atoms with E-state index in [9.17, 15) is 18.4 Å². The lowest BCUT2D eigenvalue weighted by Gasteiger charge is -2.34. The van der Waals surface area contributed by atoms with Crippen LogP contribution < -0.4 is 15.8 Å². The number of aliphatic carboxylic acids is 2. The molecule has 8 nitrogen and oxygen atoms in total. The van der Waals surface area contributed by atoms with Crippen LogP contribution in [-0.4, -0.2) is 51.4 Å². The number of hydrogen-bond donors (Lipinski definition) is 3. The van der Waals surface area contributed by atoms with Crippen molar-refractivity contribution in [1.29, 1.82) is 0 Å². The van der Waals surface area contributed by atoms with Crippen molar-refractivity contribution in [2.24, 2.45) is 5.73 Å². The van der Waals surface area contributed by atoms with Crippen molar-refractivity contribution in [1.82, 2.24) is 10.2 Å². The molecular formula is C18H18F2N3O5S. The topological polar surface area (TPSA) is 127 Å². The minimum absolute atomic E-state index is 0.124. The first-order valence-corrected chi connectivity index (χ1v) is 8.81. The van der Waals surface area contributed by atoms with Gasteiger partial charge in [-0.05, 0) is 24.8 Å². The number of benzene rings is 1. The number of nitrogens with zero attached hydrogens (tertiary/aromatic N) is 2. The van der Waals surface area contributed by atoms with Crippen molar-refractivity contribution in [3.05, 3.63) is 53.4 Å². The summed E-state index contributed by atoms with van der Waals surface area (Å²) in [5.74, 6) is -3.67. The minimum atomic E-state index is -1.26. The van der Waals surface area contributed by atoms with E-state index < -0.39 is 23.6 Å². The van der Waals surface area contributed by atoms with E-state index in [0.29, 0.717) is 42.2 Å². The van der Waals surface area contributed by atoms with E-state index in [-0.39, 0.29) is 18.4 Å². The van der Waals surface area contributed by atoms with Crippen molar-refractivity contribution < 1.29 is 33.3 Å². The number of carbonyl (C=O) groups is 2. The van der Waals surface area contributed by atoms with Gasteiger partial charge in [-0.1, -0.05) is 0 Å². The molecule has 0 spiro atoms. The minimum Gasteiger partial charge on any atom is -0.488 e. The van der Waals surface area contributed by atoms with Gasteiger partial charge in [-0.15, -0.1) is 0 Å². The van der Waals surface area contributed by atoms with E-state index in [1.807, 2.05) is 4.90 Å². The van der Waals surface area contributed by atoms with Crippen LogP contribution in [0.1, 0.15) is 12.0 Å². The third-order valence-electron chi connectivity index (χ3n) is 3.93. The molecule has 4 N–H and O–H groups in total. The van der Waals surface area contributed by atoms with E-state index in [1.165, 1.54) is 6.07 Å². The fraction of sp³-hybridized carbons (Fsp3) is 0.278. The van der Waals surface area contributed by atoms with Gasteiger partial charge in [0.05, 0.1) is 6.04 Å². The molecule has 0 saturated heterocycles. The van der Waals surface area contributed by atoms with Gasteiger partial charge in [0.15, 0.2) is 16.7 Å². The number of fused-ring (bicyclic) bond motifs is 1. The Morgan fingerprint density at radius 2 is 1.97 bits per heavy atom. The van der Waals surface area contributed by atoms with Gasteiger partial charge in [-0.25, -0.2) is 23.7 Å². The van der Waals surface area contributed by atoms with Crippen LogP contribution in [-0.2, 0) is 16.0 Å². The molecule has 2 heterocycles. The normalized spacial score (nSPS) is 17.6. The standard InChI is InChI=1S/C14H14F2N3OS.C4H4O4/c15-9-3-8-4-11(7-20-13(8)12(16)5-9)19-10(1-2-17)6-18-14(19)21;5-3(6)1-2-4(7)8/h3,5-6,11H,1-2,4,7,17H2;1-2H,(H,5,6)(H,7,8)/b;2-1+/t11-;/m1./s1. The summed E-state index contributed by atoms with van der Waals surface area (Å²) in [5.41, 5.74) is 7.00. The average molecular weight is 426 g/mol. The number of ether oxygens (including phenoxy) is 1. The lowest BCUT2D eigenvalue weighted by atomic mass is 10.0. The smallest absolute Gasteiger partial charge is 0.328 e. The molecule has 2 aliphatic rings. The Balaban J connectivity index is 0.000000321. The lowest BCUT2D eigenvalue weighted by molar-refractivity contribution is -0.134. The molecule has 2 aliphatic heterocycles. The van der Waals surface area contributed by atoms with Crippen LogP contribution in [0.15, 0.2) is 36.2 Å². The number of hydrogen-bond acceptors (Lipinski definition) is 5. The monoisotopic (exact) mass is 426 g/mol. The highest BCUT2D eigenvalue weighted by Gasteiger charge is 2.33. The zero-order chi connectivity index (χ0) is 21.6. The van der Waals surface area contributed by atoms with Crippen LogP contribution in [0.3, 0.4) is 0 Å². The van der Waals surface area contributed by atoms with Gasteiger partial charge in [0.1, 0.15) is 12.4 Å². The van der Waals surface area contributed by atoms with E-state index in [4.69, 9.17) is 32.9 Å². The summed E-state index contributed by atoms with van der Waals surface area (Å²) in [6, 6.07) is 2.00. The summed E-state index contributed by atoms with van der Waals surface area (Å²) in [5, 5.41) is 20.2. The van der Waals surface area contributed by atoms with Gasteiger partial charge < -0.3 is 25.6 Å². The first kappa shape index (κ1) is 22.2. The lowest BCUT2D eigenvalue weighted by Crippen LogP contribution is -2.44. The highest BCUT2D eigenvalue weighted by atomic mass is 32.1. The molecule has 0 saturated carbocycles. The molecule has 0 aliphatic carbocycles. The first-order chi connectivity index (χ1) is 13.7. The molecule has 0 fully saturated rings. The second-order valence-corrected chi connectivity index (χ2v) is 6.36. The van der Waals surface area contributed by atoms with Crippen LogP contribution in [0.2, 0.25) is 0 Å². The van der Waals surface area contributed by atoms with Crippen molar-refractivity contribution in [3.63, 3.8) is 0 Å². The Morgan fingerprint density at radius 1 is 1.31 bits per heavy atom. The van der Waals surface area contributed by atoms with Crippen molar-refractivity contribution in [2.45, 2.75) is 18.9 Å². The molecule has 0 unspecified atom stereocenters. The molecule has 3 rings (SSSR count). The molecule has 0 aromatic heterocycles. The van der Waals surface area contributed by atoms with Gasteiger partial charge in [0.2, 0.25) is 0 Å². The fourth-order valence-electron chi connectivity index (χ4n) is 2.83. The van der Waals surface area contributed by atoms with E-state index in [2.05, 4.69) is 5.32 Å². The summed E-state index contributed by atoms with van der Waals surface area (Å²) >= 11 is 5.23. The summed E-state index contributed by atoms with van der Waals surface area (Å²) in [6.45, 7) is 0.751. The third kappa shape index (κ3) is 5.96. The number of nitrogens with two attached hydrogens (primary N) is 1. The molecule has 1 aromatic rings. The molecule has 11 heteroatoms. The maximum atomic E-state index is 13.7. The van der Waals surface area contributed by atoms with E-state index >= 15 is 0 Å². The van der Waals surface area contributed by atoms with Crippen molar-refractivity contribution in [2.75, 3.05) is 13.2 Å². The third-order valence-corrected chi connectivity index (χ3v) is 4.24. The first-order valence-electron chi connectivity index (χ1n) is 8.40. The highest BCUT2D eigenvalue weighted by molar-refractivity contribution is 7.80. The second kappa shape index (κ2) is 9.94. The molecule has 29 heavy (non-hydrogen) atoms. The van der Waals surface area contributed by atoms with Crippen molar-refractivity contribution in [3.8, 4) is 5.75 Å². The Bertz CT molecular complexity index is 859. The predicted molar refractivity (Wildman–Crippen MR) is 102 cm³/mol. The van der Waals surface area contributed by atoms with Crippen LogP contribution in [0, 0.1) is 11.6 Å². The predicted octanol–water partition coefficient (Wildman–Crippen LogP) is 1.38. The Hall–Kier alpha value is -3.05. The number of halogens is 2. The Labute approximate surface area is 170 Å². The average Bonchev–Trinajstić information content (AvgIpc) is 3.00. The fourth-order valence-corrected chi connectivity index (χ4v) is 3.15. The van der Waals surface area contributed by atoms with Gasteiger partial charge in [0, 0.05) is 48.5 Å². The number of rotatable bonds is 5. The summed E-state index contributed by atoms with van der Waals surface area (Å²) in [6.07, 6.45) is 3.90. The molecule has 1 atom stereocenters. The zero-order valence-corrected chi connectivity index (χ0v) is 15.9. The summed E-state index contributed by atoms with van der Waals surface area (Å²) < 4.78 is 32.5. The molecule has 1 aromatic carbocycles. The highest BCUT2D eigenvalue weighted by Crippen LogP contribution is 2.32. The second-order valence-electron chi connectivity index (χ2n) is 6.00. The van der Waals surface area contributed by atoms with E-state index in [0.717, 1.165) is 11.8 Å². The van der Waals surface area contributed by atoms with E-state index in [1.54, 1.807) is 6.20 Å². The molecule has 0 bridgehead atoms. The van der Waals surface area contributed by atoms with Gasteiger partial charge in [-0.2, -0.15) is 0 Å². The number of carboxylic acids is 2. The molecular weight excluding hydrogens is 408 g/mol. The summed E-state index contributed by atoms with van der Waals surface area (Å²) in [7, 11) is 0. The maximum Gasteiger partial charge on any atom is 0.328 e.